The van der Waals surface area contributed by atoms with Gasteiger partial charge in [0.1, 0.15) is 0 Å². The Balaban J connectivity index is 1.12. The summed E-state index contributed by atoms with van der Waals surface area (Å²) in [6, 6.07) is 109. The van der Waals surface area contributed by atoms with Gasteiger partial charge in [0.25, 0.3) is 6.71 Å². The lowest BCUT2D eigenvalue weighted by molar-refractivity contribution is 0.569. The van der Waals surface area contributed by atoms with Crippen LogP contribution in [-0.2, 0) is 21.7 Å². The Kier molecular flexibility index (Phi) is 14.7. The van der Waals surface area contributed by atoms with E-state index in [1.807, 2.05) is 6.07 Å². The molecule has 15 aromatic carbocycles. The molecule has 532 valence electrons. The molecule has 0 unspecified atom stereocenters. The van der Waals surface area contributed by atoms with Crippen LogP contribution in [0, 0.1) is 0 Å². The van der Waals surface area contributed by atoms with Gasteiger partial charge in [-0.25, -0.2) is 0 Å². The molecule has 110 heavy (non-hydrogen) atoms. The number of hydrogen-bond acceptors (Lipinski definition) is 2. The first-order valence-corrected chi connectivity index (χ1v) is 38.8. The number of para-hydroxylation sites is 2. The van der Waals surface area contributed by atoms with Gasteiger partial charge in [-0.15, -0.1) is 0 Å². The second-order valence-corrected chi connectivity index (χ2v) is 34.5. The number of benzene rings is 15. The van der Waals surface area contributed by atoms with Crippen LogP contribution in [0.2, 0.25) is 0 Å². The molecule has 0 aliphatic carbocycles. The smallest absolute Gasteiger partial charge is 0.252 e. The SMILES string of the molecule is [2H]c1c([2H])c([2H])c(-c2ccc3c(c2)B2c4ccc(-c5cc(C(C)(C)C)cc(C(C)(C)C)c5)cc4N(c4c(-c5ccccc5)cc(C(C)(C)C)cc4-c4ccccc4)c4c2c(cc2c4c4cccc5c6ccccc6c6ccccc6c6ccccc6n2c54)N3c2c(-c3ccccc3)cc(C(C)(C)C)cc2-c2ccccc2)c([2H])c1[2H]. The van der Waals surface area contributed by atoms with Gasteiger partial charge in [0, 0.05) is 60.9 Å². The number of hydrogen-bond donors (Lipinski definition) is 0. The average Bonchev–Trinajstić information content (AvgIpc) is 1.56. The lowest BCUT2D eigenvalue weighted by atomic mass is 9.33. The molecule has 4 heteroatoms. The van der Waals surface area contributed by atoms with Gasteiger partial charge < -0.3 is 14.2 Å². The predicted molar refractivity (Wildman–Crippen MR) is 475 cm³/mol. The van der Waals surface area contributed by atoms with Crippen LogP contribution in [0.25, 0.3) is 126 Å². The second-order valence-electron chi connectivity index (χ2n) is 34.5. The van der Waals surface area contributed by atoms with Crippen molar-refractivity contribution < 1.29 is 6.85 Å². The molecular formula is C106H90BN3. The Morgan fingerprint density at radius 1 is 0.264 bits per heavy atom. The molecule has 0 saturated carbocycles. The minimum absolute atomic E-state index is 0.143. The zero-order valence-corrected chi connectivity index (χ0v) is 64.7. The first-order chi connectivity index (χ1) is 55.2. The van der Waals surface area contributed by atoms with E-state index in [0.717, 1.165) is 166 Å². The highest BCUT2D eigenvalue weighted by molar-refractivity contribution is 7.00. The molecule has 17 aromatic rings. The van der Waals surface area contributed by atoms with Gasteiger partial charge >= 0.3 is 0 Å². The van der Waals surface area contributed by atoms with Crippen molar-refractivity contribution in [2.24, 2.45) is 0 Å². The van der Waals surface area contributed by atoms with Crippen LogP contribution in [0.4, 0.5) is 34.1 Å². The van der Waals surface area contributed by atoms with Crippen molar-refractivity contribution in [3.63, 3.8) is 0 Å². The lowest BCUT2D eigenvalue weighted by Crippen LogP contribution is -2.61. The highest BCUT2D eigenvalue weighted by Crippen LogP contribution is 2.58. The van der Waals surface area contributed by atoms with E-state index in [1.165, 1.54) is 22.3 Å². The van der Waals surface area contributed by atoms with Crippen LogP contribution < -0.4 is 26.2 Å². The quantitative estimate of drug-likeness (QED) is 0.140. The largest absolute Gasteiger partial charge is 0.310 e. The summed E-state index contributed by atoms with van der Waals surface area (Å²) in [4.78, 5) is 5.29. The van der Waals surface area contributed by atoms with Crippen LogP contribution >= 0.6 is 0 Å². The fourth-order valence-electron chi connectivity index (χ4n) is 17.7. The van der Waals surface area contributed by atoms with Crippen LogP contribution in [0.3, 0.4) is 0 Å². The fraction of sp³-hybridized carbons (Fsp3) is 0.151. The third-order valence-electron chi connectivity index (χ3n) is 23.4. The van der Waals surface area contributed by atoms with Crippen LogP contribution in [0.5, 0.6) is 0 Å². The summed E-state index contributed by atoms with van der Waals surface area (Å²) in [5.74, 6) is 0. The zero-order chi connectivity index (χ0) is 79.6. The average molecular weight is 1420 g/mol. The molecule has 0 fully saturated rings. The maximum atomic E-state index is 9.85. The van der Waals surface area contributed by atoms with E-state index in [-0.39, 0.29) is 51.4 Å². The maximum Gasteiger partial charge on any atom is 0.252 e. The number of aromatic nitrogens is 1. The van der Waals surface area contributed by atoms with Gasteiger partial charge in [0.05, 0.1) is 40.5 Å². The van der Waals surface area contributed by atoms with Gasteiger partial charge in [-0.1, -0.05) is 362 Å². The van der Waals surface area contributed by atoms with E-state index in [9.17, 15) is 5.48 Å². The van der Waals surface area contributed by atoms with Gasteiger partial charge in [-0.05, 0) is 175 Å². The summed E-state index contributed by atoms with van der Waals surface area (Å²) >= 11 is 0. The van der Waals surface area contributed by atoms with Gasteiger partial charge in [-0.3, -0.25) is 0 Å². The Bertz CT molecular complexity index is 6760. The number of fused-ring (bicyclic) bond motifs is 15. The summed E-state index contributed by atoms with van der Waals surface area (Å²) in [7, 11) is 0. The molecule has 0 spiro atoms. The van der Waals surface area contributed by atoms with Crippen molar-refractivity contribution in [3.8, 4) is 66.8 Å². The Morgan fingerprint density at radius 2 is 0.673 bits per heavy atom. The minimum Gasteiger partial charge on any atom is -0.310 e. The summed E-state index contributed by atoms with van der Waals surface area (Å²) < 4.78 is 49.9. The van der Waals surface area contributed by atoms with Crippen molar-refractivity contribution in [2.45, 2.75) is 105 Å². The van der Waals surface area contributed by atoms with E-state index in [2.05, 4.69) is 388 Å². The van der Waals surface area contributed by atoms with Crippen molar-refractivity contribution in [3.05, 3.63) is 350 Å². The zero-order valence-electron chi connectivity index (χ0n) is 69.7. The first-order valence-electron chi connectivity index (χ1n) is 41.3. The maximum absolute atomic E-state index is 9.85. The molecule has 0 amide bonds. The normalized spacial score (nSPS) is 13.7. The standard InChI is InChI=1S/C106H90BN3/c1-103(2,3)75-57-74(58-76(61-75)104(4,5)6)73-53-55-90-94(60-73)110(101-88(70-41-24-16-25-42-70)64-78(106(10,11)12)65-89(101)71-43-26-17-27-44-71)102-97-85-51-34-50-84-82-48-31-29-46-80(82)79-45-28-30-47-81(79)83-49-32-33-52-92(83)108(99(84)85)95(97)66-96-98(102)107(90)91-59-72(67-35-18-13-19-36-67)54-56-93(91)109(96)100-86(68-37-20-14-21-38-68)62-77(105(7,8)9)63-87(100)69-39-22-15-23-40-69/h13-66H,1-12H3/i13D,18D,19D,35D,36D. The first kappa shape index (κ1) is 62.8. The molecule has 3 nitrogen and oxygen atoms in total. The molecule has 2 aliphatic rings. The number of nitrogens with zero attached hydrogens (tertiary/aromatic N) is 3. The molecule has 0 N–H and O–H groups in total. The summed E-state index contributed by atoms with van der Waals surface area (Å²) in [6.45, 7) is 27.2. The van der Waals surface area contributed by atoms with Gasteiger partial charge in [0.15, 0.2) is 0 Å². The third-order valence-corrected chi connectivity index (χ3v) is 23.4. The summed E-state index contributed by atoms with van der Waals surface area (Å²) in [5, 5.41) is 8.87. The Morgan fingerprint density at radius 3 is 1.17 bits per heavy atom. The molecule has 0 atom stereocenters. The van der Waals surface area contributed by atoms with Crippen LogP contribution in [-0.4, -0.2) is 11.1 Å². The van der Waals surface area contributed by atoms with E-state index < -0.39 is 12.8 Å². The van der Waals surface area contributed by atoms with Crippen molar-refractivity contribution in [1.82, 2.24) is 4.40 Å². The molecule has 2 aliphatic heterocycles. The molecular weight excluding hydrogens is 1330 g/mol. The third kappa shape index (κ3) is 11.2. The van der Waals surface area contributed by atoms with Crippen LogP contribution in [0.1, 0.15) is 112 Å². The molecule has 19 rings (SSSR count). The minimum atomic E-state index is -0.583. The van der Waals surface area contributed by atoms with Crippen LogP contribution in [0.15, 0.2) is 327 Å². The molecule has 2 aromatic heterocycles. The van der Waals surface area contributed by atoms with E-state index in [1.54, 1.807) is 0 Å². The monoisotopic (exact) mass is 1420 g/mol. The molecule has 0 bridgehead atoms. The van der Waals surface area contributed by atoms with E-state index >= 15 is 0 Å². The number of anilines is 6. The predicted octanol–water partition coefficient (Wildman–Crippen LogP) is 27.5. The summed E-state index contributed by atoms with van der Waals surface area (Å²) in [5.41, 5.74) is 27.1. The van der Waals surface area contributed by atoms with E-state index in [0.29, 0.717) is 5.56 Å². The summed E-state index contributed by atoms with van der Waals surface area (Å²) in [6.07, 6.45) is 0. The fourth-order valence-corrected chi connectivity index (χ4v) is 17.7. The van der Waals surface area contributed by atoms with Crippen molar-refractivity contribution in [1.29, 1.82) is 0 Å². The Labute approximate surface area is 655 Å². The topological polar surface area (TPSA) is 10.9 Å². The molecule has 4 heterocycles. The van der Waals surface area contributed by atoms with Gasteiger partial charge in [-0.2, -0.15) is 0 Å². The van der Waals surface area contributed by atoms with Crippen molar-refractivity contribution in [2.75, 3.05) is 9.80 Å². The molecule has 0 saturated heterocycles. The molecule has 0 radical (unpaired) electrons. The van der Waals surface area contributed by atoms with Gasteiger partial charge in [0.2, 0.25) is 0 Å². The lowest BCUT2D eigenvalue weighted by Gasteiger charge is -2.46. The second kappa shape index (κ2) is 25.7. The highest BCUT2D eigenvalue weighted by atomic mass is 15.2. The van der Waals surface area contributed by atoms with E-state index in [4.69, 9.17) is 1.37 Å². The highest BCUT2D eigenvalue weighted by Gasteiger charge is 2.48. The Hall–Kier alpha value is -12.2. The van der Waals surface area contributed by atoms with Crippen molar-refractivity contribution >= 4 is 117 Å². The number of rotatable bonds is 8.